The van der Waals surface area contributed by atoms with E-state index in [1.807, 2.05) is 37.4 Å². The lowest BCUT2D eigenvalue weighted by Crippen LogP contribution is -2.43. The highest BCUT2D eigenvalue weighted by Gasteiger charge is 2.30. The molecule has 2 aromatic carbocycles. The number of hydrogen-bond acceptors (Lipinski definition) is 5. The van der Waals surface area contributed by atoms with Crippen LogP contribution in [0, 0.1) is 0 Å². The van der Waals surface area contributed by atoms with E-state index in [0.717, 1.165) is 5.01 Å². The van der Waals surface area contributed by atoms with Crippen molar-refractivity contribution in [1.82, 2.24) is 10.3 Å². The van der Waals surface area contributed by atoms with E-state index >= 15 is 0 Å². The Kier molecular flexibility index (Phi) is 5.46. The van der Waals surface area contributed by atoms with Crippen molar-refractivity contribution >= 4 is 23.2 Å². The second kappa shape index (κ2) is 7.82. The number of nitrogens with two attached hydrogens (primary N) is 1. The Labute approximate surface area is 167 Å². The second-order valence-corrected chi connectivity index (χ2v) is 7.50. The number of carbonyl (C=O) groups is 2. The third kappa shape index (κ3) is 3.89. The van der Waals surface area contributed by atoms with Gasteiger partial charge in [-0.1, -0.05) is 25.1 Å². The molecule has 1 heterocycles. The number of nitrogens with one attached hydrogen (secondary N) is 1. The maximum Gasteiger partial charge on any atom is 0.252 e. The first kappa shape index (κ1) is 19.6. The van der Waals surface area contributed by atoms with E-state index in [9.17, 15) is 14.7 Å². The summed E-state index contributed by atoms with van der Waals surface area (Å²) in [7, 11) is 0. The van der Waals surface area contributed by atoms with Gasteiger partial charge < -0.3 is 16.2 Å². The summed E-state index contributed by atoms with van der Waals surface area (Å²) < 4.78 is 0. The van der Waals surface area contributed by atoms with Gasteiger partial charge in [0.15, 0.2) is 0 Å². The number of benzene rings is 2. The van der Waals surface area contributed by atoms with Crippen LogP contribution in [0.4, 0.5) is 0 Å². The van der Waals surface area contributed by atoms with Crippen molar-refractivity contribution in [2.24, 2.45) is 5.73 Å². The number of aromatic hydroxyl groups is 1. The monoisotopic (exact) mass is 395 g/mol. The van der Waals surface area contributed by atoms with Gasteiger partial charge in [-0.15, -0.1) is 11.3 Å². The van der Waals surface area contributed by atoms with Crippen LogP contribution < -0.4 is 11.1 Å². The number of amides is 2. The first-order valence-electron chi connectivity index (χ1n) is 8.81. The molecule has 0 spiro atoms. The van der Waals surface area contributed by atoms with Crippen molar-refractivity contribution in [3.8, 4) is 17.0 Å². The molecular weight excluding hydrogens is 374 g/mol. The first-order valence-corrected chi connectivity index (χ1v) is 9.69. The van der Waals surface area contributed by atoms with Crippen molar-refractivity contribution in [1.29, 1.82) is 0 Å². The summed E-state index contributed by atoms with van der Waals surface area (Å²) in [5.41, 5.74) is 6.61. The Morgan fingerprint density at radius 3 is 2.57 bits per heavy atom. The highest BCUT2D eigenvalue weighted by atomic mass is 32.1. The van der Waals surface area contributed by atoms with E-state index in [2.05, 4.69) is 10.3 Å². The minimum absolute atomic E-state index is 0.0442. The number of nitrogens with zero attached hydrogens (tertiary/aromatic N) is 1. The number of aromatic nitrogens is 1. The molecule has 0 fully saturated rings. The van der Waals surface area contributed by atoms with Gasteiger partial charge in [-0.2, -0.15) is 0 Å². The van der Waals surface area contributed by atoms with Gasteiger partial charge in [0.05, 0.1) is 16.8 Å². The summed E-state index contributed by atoms with van der Waals surface area (Å²) in [6, 6.07) is 13.6. The van der Waals surface area contributed by atoms with E-state index in [-0.39, 0.29) is 17.2 Å². The topological polar surface area (TPSA) is 105 Å². The van der Waals surface area contributed by atoms with Crippen LogP contribution in [0.5, 0.6) is 5.75 Å². The summed E-state index contributed by atoms with van der Waals surface area (Å²) in [4.78, 5) is 28.8. The maximum absolute atomic E-state index is 12.6. The number of thiazole rings is 1. The largest absolute Gasteiger partial charge is 0.507 e. The van der Waals surface area contributed by atoms with Crippen LogP contribution in [-0.2, 0) is 5.54 Å². The standard InChI is InChI=1S/C21H21N3O3S/c1-3-21(2,24-19(27)13-7-5-4-6-8-13)20-23-16(12-28-20)14-9-10-17(25)15(11-14)18(22)26/h4-12,25H,3H2,1-2H3,(H2,22,26)(H,24,27)/t21-/m0/s1. The number of carbonyl (C=O) groups excluding carboxylic acids is 2. The van der Waals surface area contributed by atoms with E-state index in [1.54, 1.807) is 18.2 Å². The molecule has 4 N–H and O–H groups in total. The summed E-state index contributed by atoms with van der Waals surface area (Å²) in [6.45, 7) is 3.92. The molecule has 0 saturated heterocycles. The number of hydrogen-bond donors (Lipinski definition) is 3. The zero-order valence-electron chi connectivity index (χ0n) is 15.6. The van der Waals surface area contributed by atoms with Crippen LogP contribution in [-0.4, -0.2) is 21.9 Å². The third-order valence-electron chi connectivity index (χ3n) is 4.67. The average molecular weight is 395 g/mol. The molecule has 1 atom stereocenters. The fraction of sp³-hybridized carbons (Fsp3) is 0.190. The van der Waals surface area contributed by atoms with Crippen molar-refractivity contribution < 1.29 is 14.7 Å². The van der Waals surface area contributed by atoms with Gasteiger partial charge in [-0.05, 0) is 43.7 Å². The SMILES string of the molecule is CC[C@](C)(NC(=O)c1ccccc1)c1nc(-c2ccc(O)c(C(N)=O)c2)cs1. The zero-order valence-corrected chi connectivity index (χ0v) is 16.4. The molecule has 0 aliphatic carbocycles. The fourth-order valence-corrected chi connectivity index (χ4v) is 3.78. The quantitative estimate of drug-likeness (QED) is 0.592. The van der Waals surface area contributed by atoms with Crippen LogP contribution in [0.15, 0.2) is 53.9 Å². The summed E-state index contributed by atoms with van der Waals surface area (Å²) in [6.07, 6.45) is 0.653. The van der Waals surface area contributed by atoms with Gasteiger partial charge in [0.1, 0.15) is 10.8 Å². The van der Waals surface area contributed by atoms with Gasteiger partial charge in [0.2, 0.25) is 0 Å². The van der Waals surface area contributed by atoms with E-state index < -0.39 is 11.4 Å². The van der Waals surface area contributed by atoms with E-state index in [1.165, 1.54) is 23.5 Å². The number of phenols is 1. The molecule has 3 rings (SSSR count). The summed E-state index contributed by atoms with van der Waals surface area (Å²) >= 11 is 1.43. The van der Waals surface area contributed by atoms with Gasteiger partial charge >= 0.3 is 0 Å². The Hall–Kier alpha value is -3.19. The lowest BCUT2D eigenvalue weighted by atomic mass is 9.99. The minimum Gasteiger partial charge on any atom is -0.507 e. The van der Waals surface area contributed by atoms with Gasteiger partial charge in [0.25, 0.3) is 11.8 Å². The number of rotatable bonds is 6. The average Bonchev–Trinajstić information content (AvgIpc) is 3.19. The Morgan fingerprint density at radius 2 is 1.93 bits per heavy atom. The molecule has 2 amide bonds. The van der Waals surface area contributed by atoms with Crippen molar-refractivity contribution in [3.05, 3.63) is 70.0 Å². The Balaban J connectivity index is 1.89. The Morgan fingerprint density at radius 1 is 1.21 bits per heavy atom. The van der Waals surface area contributed by atoms with Crippen molar-refractivity contribution in [2.45, 2.75) is 25.8 Å². The van der Waals surface area contributed by atoms with Gasteiger partial charge in [0, 0.05) is 16.5 Å². The molecule has 7 heteroatoms. The van der Waals surface area contributed by atoms with Crippen molar-refractivity contribution in [3.63, 3.8) is 0 Å². The van der Waals surface area contributed by atoms with Crippen molar-refractivity contribution in [2.75, 3.05) is 0 Å². The molecular formula is C21H21N3O3S. The highest BCUT2D eigenvalue weighted by molar-refractivity contribution is 7.10. The van der Waals surface area contributed by atoms with E-state index in [4.69, 9.17) is 5.73 Å². The fourth-order valence-electron chi connectivity index (χ4n) is 2.76. The molecule has 0 saturated carbocycles. The molecule has 1 aromatic heterocycles. The molecule has 0 aliphatic rings. The summed E-state index contributed by atoms with van der Waals surface area (Å²) in [5.74, 6) is -1.04. The first-order chi connectivity index (χ1) is 13.3. The molecule has 3 aromatic rings. The molecule has 0 aliphatic heterocycles. The van der Waals surface area contributed by atoms with Crippen LogP contribution in [0.2, 0.25) is 0 Å². The molecule has 144 valence electrons. The van der Waals surface area contributed by atoms with Gasteiger partial charge in [-0.25, -0.2) is 4.98 Å². The summed E-state index contributed by atoms with van der Waals surface area (Å²) in [5, 5.41) is 15.4. The Bertz CT molecular complexity index is 1020. The molecule has 0 radical (unpaired) electrons. The number of primary amides is 1. The zero-order chi connectivity index (χ0) is 20.3. The highest BCUT2D eigenvalue weighted by Crippen LogP contribution is 2.33. The molecule has 0 bridgehead atoms. The lowest BCUT2D eigenvalue weighted by molar-refractivity contribution is 0.0901. The van der Waals surface area contributed by atoms with Crippen LogP contribution in [0.25, 0.3) is 11.3 Å². The molecule has 6 nitrogen and oxygen atoms in total. The van der Waals surface area contributed by atoms with E-state index in [0.29, 0.717) is 23.2 Å². The normalized spacial score (nSPS) is 12.9. The predicted octanol–water partition coefficient (Wildman–Crippen LogP) is 3.67. The van der Waals surface area contributed by atoms with Crippen LogP contribution >= 0.6 is 11.3 Å². The van der Waals surface area contributed by atoms with Crippen LogP contribution in [0.1, 0.15) is 46.0 Å². The maximum atomic E-state index is 12.6. The molecule has 28 heavy (non-hydrogen) atoms. The second-order valence-electron chi connectivity index (χ2n) is 6.64. The third-order valence-corrected chi connectivity index (χ3v) is 5.77. The predicted molar refractivity (Wildman–Crippen MR) is 109 cm³/mol. The smallest absolute Gasteiger partial charge is 0.252 e. The minimum atomic E-state index is -0.705. The lowest BCUT2D eigenvalue weighted by Gasteiger charge is -2.27. The van der Waals surface area contributed by atoms with Crippen LogP contribution in [0.3, 0.4) is 0 Å². The van der Waals surface area contributed by atoms with Gasteiger partial charge in [-0.3, -0.25) is 9.59 Å². The molecule has 0 unspecified atom stereocenters.